The fourth-order valence-corrected chi connectivity index (χ4v) is 2.09. The SMILES string of the molecule is N#Cc1ccc(CNC2(CO)CC2)s1. The Hall–Kier alpha value is -0.890. The molecule has 0 radical (unpaired) electrons. The zero-order chi connectivity index (χ0) is 10.0. The first-order valence-electron chi connectivity index (χ1n) is 4.63. The van der Waals surface area contributed by atoms with E-state index in [0.717, 1.165) is 29.1 Å². The van der Waals surface area contributed by atoms with Crippen LogP contribution in [0.2, 0.25) is 0 Å². The summed E-state index contributed by atoms with van der Waals surface area (Å²) in [5.41, 5.74) is -0.0171. The van der Waals surface area contributed by atoms with Gasteiger partial charge in [0.2, 0.25) is 0 Å². The minimum absolute atomic E-state index is 0.0171. The van der Waals surface area contributed by atoms with Crippen LogP contribution in [0.25, 0.3) is 0 Å². The van der Waals surface area contributed by atoms with Gasteiger partial charge in [0.15, 0.2) is 0 Å². The van der Waals surface area contributed by atoms with Crippen molar-refractivity contribution in [3.8, 4) is 6.07 Å². The molecule has 0 bridgehead atoms. The molecule has 0 saturated heterocycles. The van der Waals surface area contributed by atoms with E-state index in [0.29, 0.717) is 0 Å². The van der Waals surface area contributed by atoms with Gasteiger partial charge in [-0.3, -0.25) is 0 Å². The van der Waals surface area contributed by atoms with Gasteiger partial charge in [-0.25, -0.2) is 0 Å². The van der Waals surface area contributed by atoms with Crippen molar-refractivity contribution in [2.75, 3.05) is 6.61 Å². The number of nitrogens with zero attached hydrogens (tertiary/aromatic N) is 1. The van der Waals surface area contributed by atoms with Gasteiger partial charge in [-0.2, -0.15) is 5.26 Å². The molecule has 1 heterocycles. The predicted molar refractivity (Wildman–Crippen MR) is 54.9 cm³/mol. The molecule has 14 heavy (non-hydrogen) atoms. The van der Waals surface area contributed by atoms with Crippen LogP contribution < -0.4 is 5.32 Å². The highest BCUT2D eigenvalue weighted by atomic mass is 32.1. The maximum atomic E-state index is 9.07. The van der Waals surface area contributed by atoms with E-state index >= 15 is 0 Å². The maximum Gasteiger partial charge on any atom is 0.110 e. The van der Waals surface area contributed by atoms with Gasteiger partial charge in [0.05, 0.1) is 6.61 Å². The summed E-state index contributed by atoms with van der Waals surface area (Å²) in [5.74, 6) is 0. The maximum absolute atomic E-state index is 9.07. The minimum Gasteiger partial charge on any atom is -0.394 e. The van der Waals surface area contributed by atoms with Crippen LogP contribution in [-0.4, -0.2) is 17.3 Å². The molecule has 3 nitrogen and oxygen atoms in total. The van der Waals surface area contributed by atoms with Crippen molar-refractivity contribution < 1.29 is 5.11 Å². The molecular weight excluding hydrogens is 196 g/mol. The molecular formula is C10H12N2OS. The van der Waals surface area contributed by atoms with Gasteiger partial charge in [-0.15, -0.1) is 11.3 Å². The van der Waals surface area contributed by atoms with Crippen molar-refractivity contribution >= 4 is 11.3 Å². The lowest BCUT2D eigenvalue weighted by Crippen LogP contribution is -2.33. The fraction of sp³-hybridized carbons (Fsp3) is 0.500. The number of thiophene rings is 1. The summed E-state index contributed by atoms with van der Waals surface area (Å²) in [7, 11) is 0. The van der Waals surface area contributed by atoms with E-state index in [2.05, 4.69) is 11.4 Å². The smallest absolute Gasteiger partial charge is 0.110 e. The highest BCUT2D eigenvalue weighted by molar-refractivity contribution is 7.12. The van der Waals surface area contributed by atoms with Crippen LogP contribution in [0.15, 0.2) is 12.1 Å². The number of hydrogen-bond acceptors (Lipinski definition) is 4. The number of hydrogen-bond donors (Lipinski definition) is 2. The molecule has 0 atom stereocenters. The van der Waals surface area contributed by atoms with Gasteiger partial charge in [0.25, 0.3) is 0 Å². The Labute approximate surface area is 87.0 Å². The number of nitrogens with one attached hydrogen (secondary N) is 1. The molecule has 2 N–H and O–H groups in total. The molecule has 0 amide bonds. The van der Waals surface area contributed by atoms with E-state index < -0.39 is 0 Å². The molecule has 1 fully saturated rings. The summed E-state index contributed by atoms with van der Waals surface area (Å²) in [6.45, 7) is 0.969. The Morgan fingerprint density at radius 3 is 2.86 bits per heavy atom. The molecule has 0 spiro atoms. The van der Waals surface area contributed by atoms with Crippen LogP contribution in [0.5, 0.6) is 0 Å². The standard InChI is InChI=1S/C10H12N2OS/c11-5-8-1-2-9(14-8)6-12-10(7-13)3-4-10/h1-2,12-13H,3-4,6-7H2. The number of rotatable bonds is 4. The van der Waals surface area contributed by atoms with E-state index in [4.69, 9.17) is 10.4 Å². The summed E-state index contributed by atoms with van der Waals surface area (Å²) in [5, 5.41) is 21.0. The third-order valence-electron chi connectivity index (χ3n) is 2.57. The molecule has 0 unspecified atom stereocenters. The summed E-state index contributed by atoms with van der Waals surface area (Å²) in [4.78, 5) is 1.90. The van der Waals surface area contributed by atoms with E-state index in [-0.39, 0.29) is 12.1 Å². The molecule has 1 saturated carbocycles. The van der Waals surface area contributed by atoms with Crippen molar-refractivity contribution in [2.24, 2.45) is 0 Å². The van der Waals surface area contributed by atoms with E-state index in [1.165, 1.54) is 11.3 Å². The quantitative estimate of drug-likeness (QED) is 0.782. The second-order valence-electron chi connectivity index (χ2n) is 3.67. The highest BCUT2D eigenvalue weighted by Gasteiger charge is 2.41. The molecule has 1 aliphatic carbocycles. The first kappa shape index (κ1) is 9.66. The molecule has 0 aromatic carbocycles. The average molecular weight is 208 g/mol. The van der Waals surface area contributed by atoms with Crippen LogP contribution in [-0.2, 0) is 6.54 Å². The van der Waals surface area contributed by atoms with Crippen LogP contribution >= 0.6 is 11.3 Å². The van der Waals surface area contributed by atoms with Gasteiger partial charge in [0, 0.05) is 17.0 Å². The molecule has 2 rings (SSSR count). The molecule has 0 aliphatic heterocycles. The van der Waals surface area contributed by atoms with E-state index in [1.54, 1.807) is 0 Å². The Kier molecular flexibility index (Phi) is 2.55. The topological polar surface area (TPSA) is 56.0 Å². The third kappa shape index (κ3) is 1.95. The minimum atomic E-state index is -0.0171. The molecule has 1 aromatic heterocycles. The molecule has 74 valence electrons. The average Bonchev–Trinajstić information content (AvgIpc) is 2.86. The van der Waals surface area contributed by atoms with Crippen LogP contribution in [0.1, 0.15) is 22.6 Å². The molecule has 1 aliphatic rings. The zero-order valence-corrected chi connectivity index (χ0v) is 8.60. The second kappa shape index (κ2) is 3.70. The van der Waals surface area contributed by atoms with Crippen molar-refractivity contribution in [2.45, 2.75) is 24.9 Å². The largest absolute Gasteiger partial charge is 0.394 e. The molecule has 1 aromatic rings. The first-order valence-corrected chi connectivity index (χ1v) is 5.44. The van der Waals surface area contributed by atoms with Gasteiger partial charge in [-0.05, 0) is 25.0 Å². The summed E-state index contributed by atoms with van der Waals surface area (Å²) in [6.07, 6.45) is 2.11. The van der Waals surface area contributed by atoms with Gasteiger partial charge in [0.1, 0.15) is 10.9 Å². The third-order valence-corrected chi connectivity index (χ3v) is 3.56. The van der Waals surface area contributed by atoms with Crippen LogP contribution in [0.3, 0.4) is 0 Å². The zero-order valence-electron chi connectivity index (χ0n) is 7.79. The lowest BCUT2D eigenvalue weighted by Gasteiger charge is -2.12. The fourth-order valence-electron chi connectivity index (χ4n) is 1.35. The van der Waals surface area contributed by atoms with Crippen molar-refractivity contribution in [3.63, 3.8) is 0 Å². The Bertz CT molecular complexity index is 362. The number of nitriles is 1. The molecule has 4 heteroatoms. The van der Waals surface area contributed by atoms with Crippen molar-refractivity contribution in [1.82, 2.24) is 5.32 Å². The van der Waals surface area contributed by atoms with Crippen LogP contribution in [0, 0.1) is 11.3 Å². The normalized spacial score (nSPS) is 17.7. The Balaban J connectivity index is 1.89. The lowest BCUT2D eigenvalue weighted by atomic mass is 10.3. The van der Waals surface area contributed by atoms with Gasteiger partial charge in [-0.1, -0.05) is 0 Å². The lowest BCUT2D eigenvalue weighted by molar-refractivity contribution is 0.230. The predicted octanol–water partition coefficient (Wildman–Crippen LogP) is 1.23. The van der Waals surface area contributed by atoms with Gasteiger partial charge < -0.3 is 10.4 Å². The van der Waals surface area contributed by atoms with Crippen molar-refractivity contribution in [3.05, 3.63) is 21.9 Å². The number of aliphatic hydroxyl groups is 1. The monoisotopic (exact) mass is 208 g/mol. The number of aliphatic hydroxyl groups excluding tert-OH is 1. The summed E-state index contributed by atoms with van der Waals surface area (Å²) in [6, 6.07) is 5.91. The first-order chi connectivity index (χ1) is 6.78. The van der Waals surface area contributed by atoms with Crippen molar-refractivity contribution in [1.29, 1.82) is 5.26 Å². The second-order valence-corrected chi connectivity index (χ2v) is 4.84. The summed E-state index contributed by atoms with van der Waals surface area (Å²) >= 11 is 1.51. The van der Waals surface area contributed by atoms with E-state index in [9.17, 15) is 0 Å². The highest BCUT2D eigenvalue weighted by Crippen LogP contribution is 2.35. The summed E-state index contributed by atoms with van der Waals surface area (Å²) < 4.78 is 0. The van der Waals surface area contributed by atoms with Gasteiger partial charge >= 0.3 is 0 Å². The Morgan fingerprint density at radius 1 is 1.57 bits per heavy atom. The Morgan fingerprint density at radius 2 is 2.36 bits per heavy atom. The van der Waals surface area contributed by atoms with E-state index in [1.807, 2.05) is 12.1 Å². The van der Waals surface area contributed by atoms with Crippen LogP contribution in [0.4, 0.5) is 0 Å².